The number of anilines is 1. The summed E-state index contributed by atoms with van der Waals surface area (Å²) in [5.41, 5.74) is 7.22. The van der Waals surface area contributed by atoms with Crippen molar-refractivity contribution in [3.63, 3.8) is 0 Å². The van der Waals surface area contributed by atoms with Gasteiger partial charge in [0, 0.05) is 30.0 Å². The summed E-state index contributed by atoms with van der Waals surface area (Å²) in [6, 6.07) is 15.3. The maximum Gasteiger partial charge on any atom is 0.257 e. The third-order valence-corrected chi connectivity index (χ3v) is 5.37. The van der Waals surface area contributed by atoms with Crippen LogP contribution in [-0.4, -0.2) is 28.2 Å². The van der Waals surface area contributed by atoms with E-state index in [1.165, 1.54) is 16.8 Å². The maximum absolute atomic E-state index is 12.7. The molecule has 6 nitrogen and oxygen atoms in total. The zero-order valence-corrected chi connectivity index (χ0v) is 19.0. The normalized spacial score (nSPS) is 11.5. The van der Waals surface area contributed by atoms with Gasteiger partial charge in [0.1, 0.15) is 0 Å². The van der Waals surface area contributed by atoms with E-state index in [1.807, 2.05) is 48.9 Å². The number of carbonyl (C=O) groups is 1. The molecule has 31 heavy (non-hydrogen) atoms. The third-order valence-electron chi connectivity index (χ3n) is 5.37. The molecule has 1 heterocycles. The summed E-state index contributed by atoms with van der Waals surface area (Å²) in [4.78, 5) is 17.4. The largest absolute Gasteiger partial charge is 0.326 e. The fourth-order valence-electron chi connectivity index (χ4n) is 3.64. The Kier molecular flexibility index (Phi) is 7.23. The van der Waals surface area contributed by atoms with E-state index in [-0.39, 0.29) is 5.91 Å². The van der Waals surface area contributed by atoms with Crippen LogP contribution < -0.4 is 10.6 Å². The van der Waals surface area contributed by atoms with Crippen LogP contribution in [0.2, 0.25) is 0 Å². The Hall–Kier alpha value is -3.41. The van der Waals surface area contributed by atoms with Crippen molar-refractivity contribution < 1.29 is 4.79 Å². The molecular formula is C25H31N5O. The minimum absolute atomic E-state index is 0.192. The molecule has 1 amide bonds. The zero-order chi connectivity index (χ0) is 22.4. The summed E-state index contributed by atoms with van der Waals surface area (Å²) in [6.07, 6.45) is 0.761. The van der Waals surface area contributed by atoms with Crippen LogP contribution >= 0.6 is 0 Å². The number of hydrogen-bond acceptors (Lipinski definition) is 3. The number of benzene rings is 2. The molecule has 162 valence electrons. The van der Waals surface area contributed by atoms with Crippen molar-refractivity contribution in [2.75, 3.05) is 11.9 Å². The highest BCUT2D eigenvalue weighted by Crippen LogP contribution is 2.17. The lowest BCUT2D eigenvalue weighted by Crippen LogP contribution is -2.36. The van der Waals surface area contributed by atoms with Crippen LogP contribution in [0.3, 0.4) is 0 Å². The molecule has 0 aliphatic carbocycles. The average Bonchev–Trinajstić information content (AvgIpc) is 3.03. The molecule has 0 atom stereocenters. The molecule has 2 aromatic carbocycles. The molecule has 0 aliphatic rings. The second-order valence-corrected chi connectivity index (χ2v) is 7.71. The first-order valence-corrected chi connectivity index (χ1v) is 10.7. The van der Waals surface area contributed by atoms with Crippen molar-refractivity contribution >= 4 is 17.6 Å². The molecule has 3 rings (SSSR count). The van der Waals surface area contributed by atoms with Gasteiger partial charge in [0.25, 0.3) is 5.91 Å². The Labute approximate surface area is 184 Å². The van der Waals surface area contributed by atoms with E-state index >= 15 is 0 Å². The Bertz CT molecular complexity index is 1080. The second-order valence-electron chi connectivity index (χ2n) is 7.71. The highest BCUT2D eigenvalue weighted by Gasteiger charge is 2.12. The predicted octanol–water partition coefficient (Wildman–Crippen LogP) is 4.58. The Morgan fingerprint density at radius 3 is 2.45 bits per heavy atom. The van der Waals surface area contributed by atoms with Crippen molar-refractivity contribution in [2.45, 2.75) is 47.6 Å². The Morgan fingerprint density at radius 2 is 1.81 bits per heavy atom. The summed E-state index contributed by atoms with van der Waals surface area (Å²) < 4.78 is 2.01. The predicted molar refractivity (Wildman–Crippen MR) is 127 cm³/mol. The van der Waals surface area contributed by atoms with Crippen LogP contribution in [0.5, 0.6) is 0 Å². The molecular weight excluding hydrogens is 386 g/mol. The van der Waals surface area contributed by atoms with Gasteiger partial charge in [-0.05, 0) is 70.4 Å². The monoisotopic (exact) mass is 417 g/mol. The van der Waals surface area contributed by atoms with Gasteiger partial charge >= 0.3 is 0 Å². The smallest absolute Gasteiger partial charge is 0.257 e. The van der Waals surface area contributed by atoms with Crippen molar-refractivity contribution in [1.82, 2.24) is 15.1 Å². The van der Waals surface area contributed by atoms with E-state index in [1.54, 1.807) is 12.1 Å². The van der Waals surface area contributed by atoms with Gasteiger partial charge < -0.3 is 5.32 Å². The van der Waals surface area contributed by atoms with E-state index in [9.17, 15) is 4.79 Å². The molecule has 0 spiro atoms. The zero-order valence-electron chi connectivity index (χ0n) is 19.0. The molecule has 0 radical (unpaired) electrons. The number of hydrogen-bond donors (Lipinski definition) is 2. The number of nitrogens with zero attached hydrogens (tertiary/aromatic N) is 3. The first-order chi connectivity index (χ1) is 14.9. The summed E-state index contributed by atoms with van der Waals surface area (Å²) in [5.74, 6) is 0.252. The number of guanidine groups is 1. The highest BCUT2D eigenvalue weighted by molar-refractivity contribution is 6.10. The quantitative estimate of drug-likeness (QED) is 0.456. The molecule has 0 saturated heterocycles. The number of nitrogens with one attached hydrogen (secondary N) is 2. The molecule has 0 aliphatic heterocycles. The van der Waals surface area contributed by atoms with E-state index < -0.39 is 0 Å². The van der Waals surface area contributed by atoms with Gasteiger partial charge in [-0.15, -0.1) is 0 Å². The first kappa shape index (κ1) is 22.3. The van der Waals surface area contributed by atoms with E-state index in [0.717, 1.165) is 29.9 Å². The molecule has 0 bridgehead atoms. The molecule has 1 aromatic heterocycles. The van der Waals surface area contributed by atoms with Crippen LogP contribution in [-0.2, 0) is 13.0 Å². The molecule has 2 N–H and O–H groups in total. The fraction of sp³-hybridized carbons (Fsp3) is 0.320. The van der Waals surface area contributed by atoms with E-state index in [2.05, 4.69) is 42.6 Å². The van der Waals surface area contributed by atoms with Gasteiger partial charge in [-0.1, -0.05) is 35.9 Å². The number of amides is 1. The minimum Gasteiger partial charge on any atom is -0.326 e. The lowest BCUT2D eigenvalue weighted by atomic mass is 10.1. The van der Waals surface area contributed by atoms with Gasteiger partial charge in [-0.2, -0.15) is 5.10 Å². The Balaban J connectivity index is 1.80. The average molecular weight is 418 g/mol. The Morgan fingerprint density at radius 1 is 1.06 bits per heavy atom. The van der Waals surface area contributed by atoms with Crippen LogP contribution in [0.15, 0.2) is 53.5 Å². The standard InChI is InChI=1S/C25H31N5O/c1-6-30-20(5)22(19(4)29-30)14-15-26-25(27-23-13-12-17(2)16-18(23)3)28-24(31)21-10-8-7-9-11-21/h7-13,16H,6,14-15H2,1-5H3,(H2,26,27,28,31). The van der Waals surface area contributed by atoms with Crippen molar-refractivity contribution in [1.29, 1.82) is 0 Å². The summed E-state index contributed by atoms with van der Waals surface area (Å²) in [5, 5.41) is 10.8. The molecule has 0 unspecified atom stereocenters. The van der Waals surface area contributed by atoms with Crippen molar-refractivity contribution in [3.8, 4) is 0 Å². The van der Waals surface area contributed by atoms with Crippen LogP contribution in [0.25, 0.3) is 0 Å². The molecule has 0 saturated carbocycles. The fourth-order valence-corrected chi connectivity index (χ4v) is 3.64. The summed E-state index contributed by atoms with van der Waals surface area (Å²) in [7, 11) is 0. The number of aromatic nitrogens is 2. The van der Waals surface area contributed by atoms with Gasteiger partial charge in [0.15, 0.2) is 0 Å². The molecule has 0 fully saturated rings. The van der Waals surface area contributed by atoms with E-state index in [4.69, 9.17) is 4.99 Å². The van der Waals surface area contributed by atoms with Crippen molar-refractivity contribution in [2.24, 2.45) is 4.99 Å². The minimum atomic E-state index is -0.192. The second kappa shape index (κ2) is 10.1. The number of carbonyl (C=O) groups excluding carboxylic acids is 1. The van der Waals surface area contributed by atoms with Gasteiger partial charge in [-0.3, -0.25) is 19.8 Å². The maximum atomic E-state index is 12.7. The first-order valence-electron chi connectivity index (χ1n) is 10.7. The number of aliphatic imine (C=N–C) groups is 1. The van der Waals surface area contributed by atoms with E-state index in [0.29, 0.717) is 18.1 Å². The highest BCUT2D eigenvalue weighted by atomic mass is 16.1. The number of aryl methyl sites for hydroxylation is 4. The van der Waals surface area contributed by atoms with Crippen molar-refractivity contribution in [3.05, 3.63) is 82.2 Å². The van der Waals surface area contributed by atoms with Crippen LogP contribution in [0.1, 0.15) is 45.4 Å². The van der Waals surface area contributed by atoms with Gasteiger partial charge in [0.05, 0.1) is 5.69 Å². The summed E-state index contributed by atoms with van der Waals surface area (Å²) >= 11 is 0. The SMILES string of the molecule is CCn1nc(C)c(CCN=C(NC(=O)c2ccccc2)Nc2ccc(C)cc2C)c1C. The lowest BCUT2D eigenvalue weighted by Gasteiger charge is -2.14. The van der Waals surface area contributed by atoms with Crippen LogP contribution in [0.4, 0.5) is 5.69 Å². The topological polar surface area (TPSA) is 71.3 Å². The third kappa shape index (κ3) is 5.60. The van der Waals surface area contributed by atoms with Gasteiger partial charge in [0.2, 0.25) is 5.96 Å². The summed E-state index contributed by atoms with van der Waals surface area (Å²) in [6.45, 7) is 11.7. The number of rotatable bonds is 6. The molecule has 3 aromatic rings. The molecule has 6 heteroatoms. The van der Waals surface area contributed by atoms with Gasteiger partial charge in [-0.25, -0.2) is 0 Å². The van der Waals surface area contributed by atoms with Crippen LogP contribution in [0, 0.1) is 27.7 Å². The lowest BCUT2D eigenvalue weighted by molar-refractivity contribution is 0.0977.